The Hall–Kier alpha value is -5.56. The molecule has 0 saturated carbocycles. The zero-order valence-electron chi connectivity index (χ0n) is 30.9. The standard InChI is InChI=1S/C42H45FN8O4/c1-48-38-21-27(2-5-36(38)51(42(48)55)37-6-7-39(52)47-41(37)54)26-12-16-49(17-13-26)24-25-10-18-50(19-11-25)29-3-4-30(32(43)22-29)35-20-28(8-14-44-35)34-23-31-33(46-34)9-15-45-40(31)53/h2-5,8,14,20-23,25-26,37,46H,6-7,9-13,15-19,24H2,1H3,(H,45,53)(H,47,52,54). The number of aromatic amines is 1. The summed E-state index contributed by atoms with van der Waals surface area (Å²) in [7, 11) is 1.74. The first-order chi connectivity index (χ1) is 26.7. The van der Waals surface area contributed by atoms with Crippen LogP contribution in [0, 0.1) is 11.7 Å². The van der Waals surface area contributed by atoms with E-state index in [2.05, 4.69) is 42.5 Å². The number of pyridine rings is 1. The van der Waals surface area contributed by atoms with Gasteiger partial charge in [-0.05, 0) is 111 Å². The molecule has 0 radical (unpaired) electrons. The Bertz CT molecular complexity index is 2380. The van der Waals surface area contributed by atoms with Gasteiger partial charge in [0, 0.05) is 80.5 Å². The number of amides is 3. The minimum Gasteiger partial charge on any atom is -0.371 e. The maximum atomic E-state index is 15.6. The number of rotatable bonds is 7. The fourth-order valence-electron chi connectivity index (χ4n) is 9.15. The summed E-state index contributed by atoms with van der Waals surface area (Å²) in [5.74, 6) is -0.103. The van der Waals surface area contributed by atoms with Crippen LogP contribution >= 0.6 is 0 Å². The number of aryl methyl sites for hydroxylation is 1. The summed E-state index contributed by atoms with van der Waals surface area (Å²) in [6, 6.07) is 16.5. The predicted molar refractivity (Wildman–Crippen MR) is 207 cm³/mol. The molecular weight excluding hydrogens is 700 g/mol. The minimum atomic E-state index is -0.682. The Morgan fingerprint density at radius 3 is 2.42 bits per heavy atom. The third-order valence-corrected chi connectivity index (χ3v) is 12.3. The number of H-pyrrole nitrogens is 1. The van der Waals surface area contributed by atoms with Gasteiger partial charge in [0.2, 0.25) is 11.8 Å². The highest BCUT2D eigenvalue weighted by Gasteiger charge is 2.32. The Morgan fingerprint density at radius 2 is 1.65 bits per heavy atom. The van der Waals surface area contributed by atoms with Crippen LogP contribution in [0.3, 0.4) is 0 Å². The summed E-state index contributed by atoms with van der Waals surface area (Å²) < 4.78 is 18.8. The van der Waals surface area contributed by atoms with Crippen molar-refractivity contribution in [3.63, 3.8) is 0 Å². The number of anilines is 1. The Kier molecular flexibility index (Phi) is 9.12. The van der Waals surface area contributed by atoms with Crippen LogP contribution in [0.5, 0.6) is 0 Å². The zero-order chi connectivity index (χ0) is 37.8. The second-order valence-corrected chi connectivity index (χ2v) is 15.6. The van der Waals surface area contributed by atoms with Crippen molar-refractivity contribution in [1.29, 1.82) is 0 Å². The SMILES string of the molecule is Cn1c(=O)n(C2CCC(=O)NC2=O)c2ccc(C3CCN(CC4CCN(c5ccc(-c6cc(-c7cc8c([nH]7)CCNC8=O)ccn6)c(F)c5)CC4)CC3)cc21. The Balaban J connectivity index is 0.790. The van der Waals surface area contributed by atoms with Crippen LogP contribution in [-0.2, 0) is 23.1 Å². The van der Waals surface area contributed by atoms with Gasteiger partial charge in [-0.3, -0.25) is 33.8 Å². The molecular formula is C42H45FN8O4. The molecule has 3 saturated heterocycles. The van der Waals surface area contributed by atoms with Gasteiger partial charge in [-0.1, -0.05) is 6.07 Å². The van der Waals surface area contributed by atoms with Crippen LogP contribution in [0.15, 0.2) is 65.6 Å². The smallest absolute Gasteiger partial charge is 0.329 e. The molecule has 4 aliphatic rings. The van der Waals surface area contributed by atoms with E-state index in [9.17, 15) is 19.2 Å². The number of halogens is 1. The second kappa shape index (κ2) is 14.3. The number of hydrogen-bond acceptors (Lipinski definition) is 7. The average Bonchev–Trinajstić information content (AvgIpc) is 3.75. The number of carbonyl (C=O) groups excluding carboxylic acids is 3. The van der Waals surface area contributed by atoms with Crippen molar-refractivity contribution in [2.24, 2.45) is 13.0 Å². The van der Waals surface area contributed by atoms with E-state index in [-0.39, 0.29) is 29.7 Å². The number of hydrogen-bond donors (Lipinski definition) is 3. The lowest BCUT2D eigenvalue weighted by atomic mass is 9.88. The van der Waals surface area contributed by atoms with Gasteiger partial charge < -0.3 is 20.1 Å². The molecule has 3 aromatic heterocycles. The quantitative estimate of drug-likeness (QED) is 0.202. The van der Waals surface area contributed by atoms with Crippen molar-refractivity contribution in [1.82, 2.24) is 34.6 Å². The second-order valence-electron chi connectivity index (χ2n) is 15.6. The van der Waals surface area contributed by atoms with Crippen LogP contribution < -0.4 is 21.2 Å². The lowest BCUT2D eigenvalue weighted by molar-refractivity contribution is -0.135. The molecule has 7 heterocycles. The van der Waals surface area contributed by atoms with E-state index in [1.165, 1.54) is 10.1 Å². The molecule has 4 aliphatic heterocycles. The summed E-state index contributed by atoms with van der Waals surface area (Å²) in [6.07, 6.45) is 7.17. The number of fused-ring (bicyclic) bond motifs is 2. The molecule has 55 heavy (non-hydrogen) atoms. The average molecular weight is 745 g/mol. The number of benzene rings is 2. The molecule has 2 aromatic carbocycles. The van der Waals surface area contributed by atoms with Crippen molar-refractivity contribution < 1.29 is 18.8 Å². The number of aromatic nitrogens is 4. The first-order valence-electron chi connectivity index (χ1n) is 19.5. The maximum Gasteiger partial charge on any atom is 0.329 e. The van der Waals surface area contributed by atoms with Gasteiger partial charge in [-0.15, -0.1) is 0 Å². The van der Waals surface area contributed by atoms with Crippen molar-refractivity contribution >= 4 is 34.4 Å². The van der Waals surface area contributed by atoms with Gasteiger partial charge in [0.15, 0.2) is 0 Å². The summed E-state index contributed by atoms with van der Waals surface area (Å²) in [6.45, 7) is 5.48. The lowest BCUT2D eigenvalue weighted by Crippen LogP contribution is -2.44. The number of nitrogens with zero attached hydrogens (tertiary/aromatic N) is 5. The summed E-state index contributed by atoms with van der Waals surface area (Å²) in [4.78, 5) is 62.5. The number of imide groups is 1. The van der Waals surface area contributed by atoms with Crippen LogP contribution in [0.1, 0.15) is 72.1 Å². The Morgan fingerprint density at radius 1 is 0.836 bits per heavy atom. The Labute approximate surface area is 317 Å². The van der Waals surface area contributed by atoms with E-state index in [0.717, 1.165) is 98.5 Å². The highest BCUT2D eigenvalue weighted by Crippen LogP contribution is 2.34. The van der Waals surface area contributed by atoms with E-state index in [0.29, 0.717) is 41.6 Å². The first kappa shape index (κ1) is 35.2. The molecule has 3 amide bonds. The van der Waals surface area contributed by atoms with E-state index in [1.54, 1.807) is 23.9 Å². The topological polar surface area (TPSA) is 137 Å². The highest BCUT2D eigenvalue weighted by molar-refractivity contribution is 6.00. The number of nitrogens with one attached hydrogen (secondary N) is 3. The van der Waals surface area contributed by atoms with Gasteiger partial charge in [0.05, 0.1) is 22.3 Å². The molecule has 12 nitrogen and oxygen atoms in total. The third-order valence-electron chi connectivity index (χ3n) is 12.3. The number of piperidine rings is 3. The first-order valence-corrected chi connectivity index (χ1v) is 19.5. The van der Waals surface area contributed by atoms with Gasteiger partial charge in [0.25, 0.3) is 5.91 Å². The highest BCUT2D eigenvalue weighted by atomic mass is 19.1. The van der Waals surface area contributed by atoms with Gasteiger partial charge in [-0.2, -0.15) is 0 Å². The van der Waals surface area contributed by atoms with Crippen LogP contribution in [0.2, 0.25) is 0 Å². The number of imidazole rings is 1. The molecule has 1 atom stereocenters. The van der Waals surface area contributed by atoms with Gasteiger partial charge >= 0.3 is 5.69 Å². The summed E-state index contributed by atoms with van der Waals surface area (Å²) in [5, 5.41) is 5.25. The lowest BCUT2D eigenvalue weighted by Gasteiger charge is -2.38. The van der Waals surface area contributed by atoms with Crippen molar-refractivity contribution in [2.45, 2.75) is 56.9 Å². The van der Waals surface area contributed by atoms with Crippen molar-refractivity contribution in [2.75, 3.05) is 44.2 Å². The number of likely N-dealkylation sites (tertiary alicyclic amines) is 1. The van der Waals surface area contributed by atoms with E-state index < -0.39 is 11.9 Å². The molecule has 0 aliphatic carbocycles. The third kappa shape index (κ3) is 6.64. The van der Waals surface area contributed by atoms with Gasteiger partial charge in [0.1, 0.15) is 11.9 Å². The summed E-state index contributed by atoms with van der Waals surface area (Å²) in [5.41, 5.74) is 7.66. The molecule has 284 valence electrons. The largest absolute Gasteiger partial charge is 0.371 e. The minimum absolute atomic E-state index is 0.0747. The van der Waals surface area contributed by atoms with E-state index in [4.69, 9.17) is 0 Å². The van der Waals surface area contributed by atoms with Gasteiger partial charge in [-0.25, -0.2) is 9.18 Å². The fraction of sp³-hybridized carbons (Fsp3) is 0.405. The van der Waals surface area contributed by atoms with E-state index in [1.807, 2.05) is 36.4 Å². The maximum absolute atomic E-state index is 15.6. The molecule has 3 N–H and O–H groups in total. The molecule has 0 spiro atoms. The van der Waals surface area contributed by atoms with E-state index >= 15 is 4.39 Å². The van der Waals surface area contributed by atoms with Crippen molar-refractivity contribution in [3.05, 3.63) is 93.9 Å². The predicted octanol–water partition coefficient (Wildman–Crippen LogP) is 4.90. The molecule has 0 bridgehead atoms. The zero-order valence-corrected chi connectivity index (χ0v) is 30.9. The van der Waals surface area contributed by atoms with Crippen LogP contribution in [0.25, 0.3) is 33.5 Å². The molecule has 3 fully saturated rings. The fourth-order valence-corrected chi connectivity index (χ4v) is 9.15. The van der Waals surface area contributed by atoms with Crippen LogP contribution in [-0.4, -0.2) is 81.0 Å². The molecule has 13 heteroatoms. The number of carbonyl (C=O) groups is 3. The summed E-state index contributed by atoms with van der Waals surface area (Å²) >= 11 is 0. The molecule has 5 aromatic rings. The molecule has 1 unspecified atom stereocenters. The van der Waals surface area contributed by atoms with Crippen LogP contribution in [0.4, 0.5) is 10.1 Å². The van der Waals surface area contributed by atoms with Crippen molar-refractivity contribution in [3.8, 4) is 22.5 Å². The molecule has 9 rings (SSSR count). The normalized spacial score (nSPS) is 20.1. The monoisotopic (exact) mass is 744 g/mol.